The van der Waals surface area contributed by atoms with Crippen molar-refractivity contribution in [1.82, 2.24) is 0 Å². The third-order valence-corrected chi connectivity index (χ3v) is 5.05. The maximum absolute atomic E-state index is 12.5. The fourth-order valence-electron chi connectivity index (χ4n) is 2.78. The Morgan fingerprint density at radius 2 is 1.78 bits per heavy atom. The van der Waals surface area contributed by atoms with Gasteiger partial charge in [0, 0.05) is 5.69 Å². The van der Waals surface area contributed by atoms with E-state index in [0.29, 0.717) is 33.6 Å². The molecule has 160 valence electrons. The summed E-state index contributed by atoms with van der Waals surface area (Å²) in [6.07, 6.45) is 1.49. The van der Waals surface area contributed by atoms with E-state index in [9.17, 15) is 14.9 Å². The van der Waals surface area contributed by atoms with Crippen LogP contribution in [-0.4, -0.2) is 19.0 Å². The van der Waals surface area contributed by atoms with Crippen LogP contribution in [-0.2, 0) is 16.1 Å². The van der Waals surface area contributed by atoms with Gasteiger partial charge < -0.3 is 14.8 Å². The quantitative estimate of drug-likeness (QED) is 0.273. The van der Waals surface area contributed by atoms with Gasteiger partial charge in [0.1, 0.15) is 24.0 Å². The highest BCUT2D eigenvalue weighted by Gasteiger charge is 2.12. The summed E-state index contributed by atoms with van der Waals surface area (Å²) in [5.41, 5.74) is 2.46. The first-order valence-electron chi connectivity index (χ1n) is 9.58. The van der Waals surface area contributed by atoms with E-state index in [1.54, 1.807) is 30.3 Å². The highest BCUT2D eigenvalue weighted by atomic mass is 79.9. The largest absolute Gasteiger partial charge is 0.488 e. The molecular weight excluding hydrogens is 472 g/mol. The number of rotatable bonds is 7. The molecule has 0 saturated carbocycles. The van der Waals surface area contributed by atoms with Crippen molar-refractivity contribution >= 4 is 39.6 Å². The number of anilines is 1. The molecular formula is C25H19BrN2O4. The Labute approximate surface area is 194 Å². The monoisotopic (exact) mass is 490 g/mol. The molecule has 3 aromatic rings. The molecule has 0 heterocycles. The van der Waals surface area contributed by atoms with Gasteiger partial charge in [-0.05, 0) is 69.5 Å². The number of hydrogen-bond acceptors (Lipinski definition) is 5. The Balaban J connectivity index is 1.68. The van der Waals surface area contributed by atoms with Crippen molar-refractivity contribution in [3.63, 3.8) is 0 Å². The molecule has 0 aromatic heterocycles. The van der Waals surface area contributed by atoms with Gasteiger partial charge in [0.2, 0.25) is 0 Å². The molecule has 0 aliphatic heterocycles. The van der Waals surface area contributed by atoms with Crippen LogP contribution in [0.15, 0.2) is 82.8 Å². The zero-order chi connectivity index (χ0) is 22.9. The second-order valence-corrected chi connectivity index (χ2v) is 7.51. The number of benzene rings is 3. The average molecular weight is 491 g/mol. The second-order valence-electron chi connectivity index (χ2n) is 6.66. The Morgan fingerprint density at radius 3 is 2.41 bits per heavy atom. The normalized spacial score (nSPS) is 10.7. The Hall–Kier alpha value is -3.89. The third-order valence-electron chi connectivity index (χ3n) is 4.43. The van der Waals surface area contributed by atoms with Gasteiger partial charge in [-0.25, -0.2) is 4.79 Å². The molecule has 1 N–H and O–H groups in total. The van der Waals surface area contributed by atoms with E-state index in [-0.39, 0.29) is 5.57 Å². The molecule has 0 aliphatic carbocycles. The predicted octanol–water partition coefficient (Wildman–Crippen LogP) is 5.36. The molecule has 0 atom stereocenters. The molecule has 0 radical (unpaired) electrons. The number of carbonyl (C=O) groups is 2. The van der Waals surface area contributed by atoms with Gasteiger partial charge in [-0.2, -0.15) is 5.26 Å². The Kier molecular flexibility index (Phi) is 7.79. The van der Waals surface area contributed by atoms with Crippen molar-refractivity contribution in [2.24, 2.45) is 0 Å². The summed E-state index contributed by atoms with van der Waals surface area (Å²) < 4.78 is 11.2. The van der Waals surface area contributed by atoms with E-state index in [2.05, 4.69) is 26.0 Å². The zero-order valence-corrected chi connectivity index (χ0v) is 18.8. The molecule has 0 spiro atoms. The SMILES string of the molecule is COC(=O)c1ccc(NC(=O)/C(C#N)=C/c2ccc(OCc3ccccc3)c(Br)c2)cc1. The van der Waals surface area contributed by atoms with Crippen LogP contribution in [0.3, 0.4) is 0 Å². The number of nitriles is 1. The summed E-state index contributed by atoms with van der Waals surface area (Å²) in [5, 5.41) is 12.1. The van der Waals surface area contributed by atoms with Crippen molar-refractivity contribution in [2.45, 2.75) is 6.61 Å². The van der Waals surface area contributed by atoms with Gasteiger partial charge in [0.15, 0.2) is 0 Å². The maximum atomic E-state index is 12.5. The van der Waals surface area contributed by atoms with E-state index < -0.39 is 11.9 Å². The maximum Gasteiger partial charge on any atom is 0.337 e. The predicted molar refractivity (Wildman–Crippen MR) is 125 cm³/mol. The van der Waals surface area contributed by atoms with E-state index in [0.717, 1.165) is 5.56 Å². The van der Waals surface area contributed by atoms with Crippen LogP contribution in [0, 0.1) is 11.3 Å². The van der Waals surface area contributed by atoms with E-state index in [1.807, 2.05) is 36.4 Å². The van der Waals surface area contributed by atoms with Crippen molar-refractivity contribution < 1.29 is 19.1 Å². The number of halogens is 1. The molecule has 6 nitrogen and oxygen atoms in total. The summed E-state index contributed by atoms with van der Waals surface area (Å²) in [6, 6.07) is 23.2. The summed E-state index contributed by atoms with van der Waals surface area (Å²) in [4.78, 5) is 24.0. The number of hydrogen-bond donors (Lipinski definition) is 1. The lowest BCUT2D eigenvalue weighted by molar-refractivity contribution is -0.112. The van der Waals surface area contributed by atoms with Crippen molar-refractivity contribution in [1.29, 1.82) is 5.26 Å². The molecule has 0 unspecified atom stereocenters. The van der Waals surface area contributed by atoms with Gasteiger partial charge in [0.05, 0.1) is 17.1 Å². The van der Waals surface area contributed by atoms with Crippen LogP contribution < -0.4 is 10.1 Å². The minimum absolute atomic E-state index is 0.0631. The lowest BCUT2D eigenvalue weighted by Crippen LogP contribution is -2.13. The lowest BCUT2D eigenvalue weighted by Gasteiger charge is -2.09. The number of carbonyl (C=O) groups excluding carboxylic acids is 2. The number of nitrogens with zero attached hydrogens (tertiary/aromatic N) is 1. The summed E-state index contributed by atoms with van der Waals surface area (Å²) in [5.74, 6) is -0.374. The van der Waals surface area contributed by atoms with Crippen molar-refractivity contribution in [2.75, 3.05) is 12.4 Å². The first-order valence-corrected chi connectivity index (χ1v) is 10.4. The minimum atomic E-state index is -0.557. The van der Waals surface area contributed by atoms with Crippen LogP contribution in [0.25, 0.3) is 6.08 Å². The average Bonchev–Trinajstić information content (AvgIpc) is 2.82. The number of methoxy groups -OCH3 is 1. The number of esters is 1. The molecule has 32 heavy (non-hydrogen) atoms. The highest BCUT2D eigenvalue weighted by Crippen LogP contribution is 2.28. The molecule has 0 bridgehead atoms. The molecule has 1 amide bonds. The van der Waals surface area contributed by atoms with Crippen LogP contribution >= 0.6 is 15.9 Å². The molecule has 0 aliphatic rings. The van der Waals surface area contributed by atoms with Crippen LogP contribution in [0.4, 0.5) is 5.69 Å². The van der Waals surface area contributed by atoms with Gasteiger partial charge in [-0.1, -0.05) is 36.4 Å². The topological polar surface area (TPSA) is 88.4 Å². The van der Waals surface area contributed by atoms with E-state index in [4.69, 9.17) is 4.74 Å². The van der Waals surface area contributed by atoms with Gasteiger partial charge in [-0.3, -0.25) is 4.79 Å². The van der Waals surface area contributed by atoms with Gasteiger partial charge in [0.25, 0.3) is 5.91 Å². The number of nitrogens with one attached hydrogen (secondary N) is 1. The molecule has 7 heteroatoms. The van der Waals surface area contributed by atoms with Gasteiger partial charge in [-0.15, -0.1) is 0 Å². The Bertz CT molecular complexity index is 1180. The minimum Gasteiger partial charge on any atom is -0.488 e. The number of ether oxygens (including phenoxy) is 2. The zero-order valence-electron chi connectivity index (χ0n) is 17.2. The Morgan fingerprint density at radius 1 is 1.06 bits per heavy atom. The summed E-state index contributed by atoms with van der Waals surface area (Å²) >= 11 is 3.47. The van der Waals surface area contributed by atoms with Crippen LogP contribution in [0.2, 0.25) is 0 Å². The van der Waals surface area contributed by atoms with E-state index in [1.165, 1.54) is 25.3 Å². The first kappa shape index (κ1) is 22.8. The standard InChI is InChI=1S/C25H19BrN2O4/c1-31-25(30)19-8-10-21(11-9-19)28-24(29)20(15-27)13-18-7-12-23(22(26)14-18)32-16-17-5-3-2-4-6-17/h2-14H,16H2,1H3,(H,28,29)/b20-13+. The van der Waals surface area contributed by atoms with E-state index >= 15 is 0 Å². The molecule has 0 fully saturated rings. The second kappa shape index (κ2) is 10.9. The van der Waals surface area contributed by atoms with Crippen LogP contribution in [0.5, 0.6) is 5.75 Å². The third kappa shape index (κ3) is 6.06. The fourth-order valence-corrected chi connectivity index (χ4v) is 3.29. The lowest BCUT2D eigenvalue weighted by atomic mass is 10.1. The summed E-state index contributed by atoms with van der Waals surface area (Å²) in [6.45, 7) is 0.426. The smallest absolute Gasteiger partial charge is 0.337 e. The van der Waals surface area contributed by atoms with Crippen molar-refractivity contribution in [3.05, 3.63) is 99.5 Å². The van der Waals surface area contributed by atoms with Crippen molar-refractivity contribution in [3.8, 4) is 11.8 Å². The molecule has 3 rings (SSSR count). The first-order chi connectivity index (χ1) is 15.5. The van der Waals surface area contributed by atoms with Crippen LogP contribution in [0.1, 0.15) is 21.5 Å². The molecule has 3 aromatic carbocycles. The molecule has 0 saturated heterocycles. The fraction of sp³-hybridized carbons (Fsp3) is 0.0800. The number of amides is 1. The highest BCUT2D eigenvalue weighted by molar-refractivity contribution is 9.10. The summed E-state index contributed by atoms with van der Waals surface area (Å²) in [7, 11) is 1.29. The van der Waals surface area contributed by atoms with Gasteiger partial charge >= 0.3 is 5.97 Å².